The second-order valence-electron chi connectivity index (χ2n) is 6.20. The molecule has 1 aliphatic rings. The smallest absolute Gasteiger partial charge is 0.254 e. The number of para-hydroxylation sites is 1. The van der Waals surface area contributed by atoms with Crippen molar-refractivity contribution in [3.63, 3.8) is 0 Å². The Labute approximate surface area is 131 Å². The van der Waals surface area contributed by atoms with Gasteiger partial charge < -0.3 is 5.32 Å². The molecule has 1 amide bonds. The highest BCUT2D eigenvalue weighted by Crippen LogP contribution is 2.42. The number of benzene rings is 1. The molecule has 22 heavy (non-hydrogen) atoms. The summed E-state index contributed by atoms with van der Waals surface area (Å²) in [5, 5.41) is 7.57. The second kappa shape index (κ2) is 5.95. The highest BCUT2D eigenvalue weighted by Gasteiger charge is 2.33. The number of carbonyl (C=O) groups is 1. The van der Waals surface area contributed by atoms with Gasteiger partial charge in [0, 0.05) is 12.0 Å². The number of aromatic nitrogens is 2. The van der Waals surface area contributed by atoms with Crippen LogP contribution in [0.25, 0.3) is 5.69 Å². The molecule has 1 N–H and O–H groups in total. The van der Waals surface area contributed by atoms with Crippen LogP contribution in [0.2, 0.25) is 0 Å². The predicted octanol–water partition coefficient (Wildman–Crippen LogP) is 3.59. The van der Waals surface area contributed by atoms with E-state index in [0.29, 0.717) is 5.92 Å². The summed E-state index contributed by atoms with van der Waals surface area (Å²) >= 11 is 0. The van der Waals surface area contributed by atoms with Crippen LogP contribution in [0.3, 0.4) is 0 Å². The quantitative estimate of drug-likeness (QED) is 0.917. The first-order valence-electron chi connectivity index (χ1n) is 8.06. The van der Waals surface area contributed by atoms with E-state index < -0.39 is 0 Å². The molecule has 1 aromatic carbocycles. The van der Waals surface area contributed by atoms with Gasteiger partial charge in [-0.15, -0.1) is 0 Å². The summed E-state index contributed by atoms with van der Waals surface area (Å²) in [6.07, 6.45) is 4.93. The van der Waals surface area contributed by atoms with Crippen molar-refractivity contribution in [1.29, 1.82) is 0 Å². The first-order valence-corrected chi connectivity index (χ1v) is 8.06. The summed E-state index contributed by atoms with van der Waals surface area (Å²) < 4.78 is 1.96. The highest BCUT2D eigenvalue weighted by atomic mass is 16.1. The Morgan fingerprint density at radius 1 is 1.41 bits per heavy atom. The Morgan fingerprint density at radius 3 is 2.77 bits per heavy atom. The molecule has 1 aliphatic carbocycles. The van der Waals surface area contributed by atoms with Crippen LogP contribution in [-0.2, 0) is 0 Å². The third kappa shape index (κ3) is 2.78. The Morgan fingerprint density at radius 2 is 2.14 bits per heavy atom. The van der Waals surface area contributed by atoms with E-state index in [0.717, 1.165) is 36.2 Å². The molecule has 4 heteroatoms. The molecule has 1 atom stereocenters. The molecular formula is C18H23N3O. The third-order valence-corrected chi connectivity index (χ3v) is 4.35. The fraction of sp³-hybridized carbons (Fsp3) is 0.444. The lowest BCUT2D eigenvalue weighted by Gasteiger charge is -2.13. The van der Waals surface area contributed by atoms with Crippen LogP contribution >= 0.6 is 0 Å². The van der Waals surface area contributed by atoms with Gasteiger partial charge in [0.2, 0.25) is 0 Å². The number of rotatable bonds is 5. The van der Waals surface area contributed by atoms with Gasteiger partial charge in [0.1, 0.15) is 0 Å². The number of nitrogens with one attached hydrogen (secondary N) is 1. The zero-order valence-electron chi connectivity index (χ0n) is 13.5. The Kier molecular flexibility index (Phi) is 4.01. The Hall–Kier alpha value is -2.10. The van der Waals surface area contributed by atoms with Gasteiger partial charge in [-0.3, -0.25) is 4.79 Å². The minimum atomic E-state index is -0.00363. The van der Waals surface area contributed by atoms with Crippen LogP contribution in [0, 0.1) is 6.92 Å². The number of hydrogen-bond acceptors (Lipinski definition) is 2. The van der Waals surface area contributed by atoms with Crippen LogP contribution in [0.4, 0.5) is 0 Å². The molecule has 4 nitrogen and oxygen atoms in total. The molecule has 0 saturated heterocycles. The van der Waals surface area contributed by atoms with Gasteiger partial charge in [-0.05, 0) is 44.7 Å². The van der Waals surface area contributed by atoms with Gasteiger partial charge in [-0.1, -0.05) is 25.1 Å². The van der Waals surface area contributed by atoms with Crippen LogP contribution in [0.5, 0.6) is 0 Å². The maximum atomic E-state index is 12.5. The highest BCUT2D eigenvalue weighted by molar-refractivity contribution is 5.95. The first kappa shape index (κ1) is 14.8. The number of carbonyl (C=O) groups excluding carboxylic acids is 1. The molecule has 1 aromatic heterocycles. The number of hydrogen-bond donors (Lipinski definition) is 1. The second-order valence-corrected chi connectivity index (χ2v) is 6.20. The number of amides is 1. The van der Waals surface area contributed by atoms with Gasteiger partial charge >= 0.3 is 0 Å². The van der Waals surface area contributed by atoms with E-state index >= 15 is 0 Å². The van der Waals surface area contributed by atoms with Gasteiger partial charge in [0.05, 0.1) is 23.1 Å². The molecule has 2 aromatic rings. The van der Waals surface area contributed by atoms with E-state index in [9.17, 15) is 4.79 Å². The molecule has 1 saturated carbocycles. The average Bonchev–Trinajstić information content (AvgIpc) is 3.26. The van der Waals surface area contributed by atoms with E-state index in [2.05, 4.69) is 36.4 Å². The summed E-state index contributed by atoms with van der Waals surface area (Å²) in [6.45, 7) is 6.18. The molecule has 1 heterocycles. The van der Waals surface area contributed by atoms with Gasteiger partial charge in [0.15, 0.2) is 0 Å². The van der Waals surface area contributed by atoms with Crippen molar-refractivity contribution in [2.24, 2.45) is 0 Å². The minimum absolute atomic E-state index is 0.00363. The van der Waals surface area contributed by atoms with Crippen LogP contribution in [0.15, 0.2) is 30.5 Å². The summed E-state index contributed by atoms with van der Waals surface area (Å²) in [6, 6.07) is 8.35. The van der Waals surface area contributed by atoms with Crippen LogP contribution < -0.4 is 5.32 Å². The average molecular weight is 297 g/mol. The first-order chi connectivity index (χ1) is 10.6. The summed E-state index contributed by atoms with van der Waals surface area (Å²) in [7, 11) is 0. The molecule has 0 spiro atoms. The van der Waals surface area contributed by atoms with Crippen molar-refractivity contribution in [2.45, 2.75) is 52.0 Å². The summed E-state index contributed by atoms with van der Waals surface area (Å²) in [5.74, 6) is 0.455. The number of aryl methyl sites for hydroxylation is 1. The monoisotopic (exact) mass is 297 g/mol. The maximum Gasteiger partial charge on any atom is 0.254 e. The van der Waals surface area contributed by atoms with Crippen molar-refractivity contribution in [2.75, 3.05) is 0 Å². The SMILES string of the molecule is CCC(C)NC(=O)c1cnn(-c2ccccc2C)c1C1CC1. The fourth-order valence-corrected chi connectivity index (χ4v) is 2.68. The largest absolute Gasteiger partial charge is 0.349 e. The molecule has 0 radical (unpaired) electrons. The van der Waals surface area contributed by atoms with E-state index in [1.165, 1.54) is 5.56 Å². The zero-order valence-corrected chi connectivity index (χ0v) is 13.5. The van der Waals surface area contributed by atoms with Crippen molar-refractivity contribution >= 4 is 5.91 Å². The Balaban J connectivity index is 2.00. The fourth-order valence-electron chi connectivity index (χ4n) is 2.68. The van der Waals surface area contributed by atoms with E-state index in [4.69, 9.17) is 0 Å². The molecule has 0 bridgehead atoms. The summed E-state index contributed by atoms with van der Waals surface area (Å²) in [4.78, 5) is 12.5. The lowest BCUT2D eigenvalue weighted by Crippen LogP contribution is -2.32. The lowest BCUT2D eigenvalue weighted by atomic mass is 10.1. The molecule has 1 unspecified atom stereocenters. The zero-order chi connectivity index (χ0) is 15.7. The van der Waals surface area contributed by atoms with E-state index in [1.54, 1.807) is 6.20 Å². The molecular weight excluding hydrogens is 274 g/mol. The van der Waals surface area contributed by atoms with Crippen molar-refractivity contribution in [3.05, 3.63) is 47.3 Å². The molecule has 1 fully saturated rings. The van der Waals surface area contributed by atoms with Crippen LogP contribution in [-0.4, -0.2) is 21.7 Å². The van der Waals surface area contributed by atoms with Crippen molar-refractivity contribution < 1.29 is 4.79 Å². The normalized spacial score (nSPS) is 15.6. The van der Waals surface area contributed by atoms with Crippen molar-refractivity contribution in [1.82, 2.24) is 15.1 Å². The number of nitrogens with zero attached hydrogens (tertiary/aromatic N) is 2. The van der Waals surface area contributed by atoms with Gasteiger partial charge in [-0.2, -0.15) is 5.10 Å². The molecule has 0 aliphatic heterocycles. The third-order valence-electron chi connectivity index (χ3n) is 4.35. The maximum absolute atomic E-state index is 12.5. The Bertz CT molecular complexity index is 685. The van der Waals surface area contributed by atoms with Gasteiger partial charge in [-0.25, -0.2) is 4.68 Å². The predicted molar refractivity (Wildman–Crippen MR) is 87.5 cm³/mol. The standard InChI is InChI=1S/C18H23N3O/c1-4-13(3)20-18(22)15-11-19-21(17(15)14-9-10-14)16-8-6-5-7-12(16)2/h5-8,11,13-14H,4,9-10H2,1-3H3,(H,20,22). The summed E-state index contributed by atoms with van der Waals surface area (Å²) in [5.41, 5.74) is 4.02. The minimum Gasteiger partial charge on any atom is -0.349 e. The van der Waals surface area contributed by atoms with E-state index in [-0.39, 0.29) is 11.9 Å². The molecule has 3 rings (SSSR count). The molecule has 116 valence electrons. The lowest BCUT2D eigenvalue weighted by molar-refractivity contribution is 0.0938. The topological polar surface area (TPSA) is 46.9 Å². The van der Waals surface area contributed by atoms with E-state index in [1.807, 2.05) is 23.7 Å². The van der Waals surface area contributed by atoms with Crippen molar-refractivity contribution in [3.8, 4) is 5.69 Å². The van der Waals surface area contributed by atoms with Gasteiger partial charge in [0.25, 0.3) is 5.91 Å². The van der Waals surface area contributed by atoms with Crippen LogP contribution in [0.1, 0.15) is 60.6 Å².